The van der Waals surface area contributed by atoms with Gasteiger partial charge in [-0.25, -0.2) is 4.79 Å². The molecule has 138 valence electrons. The van der Waals surface area contributed by atoms with Crippen molar-refractivity contribution in [2.45, 2.75) is 38.8 Å². The molecule has 1 aromatic rings. The van der Waals surface area contributed by atoms with Crippen LogP contribution in [0.15, 0.2) is 30.3 Å². The first-order chi connectivity index (χ1) is 11.7. The van der Waals surface area contributed by atoms with Crippen LogP contribution in [-0.4, -0.2) is 42.6 Å². The van der Waals surface area contributed by atoms with Crippen molar-refractivity contribution in [3.05, 3.63) is 35.9 Å². The van der Waals surface area contributed by atoms with Crippen molar-refractivity contribution in [3.63, 3.8) is 0 Å². The molecule has 7 heteroatoms. The van der Waals surface area contributed by atoms with Crippen LogP contribution < -0.4 is 10.6 Å². The molecule has 3 N–H and O–H groups in total. The Hall–Kier alpha value is -2.41. The zero-order valence-electron chi connectivity index (χ0n) is 15.0. The third-order valence-electron chi connectivity index (χ3n) is 3.92. The summed E-state index contributed by atoms with van der Waals surface area (Å²) in [6, 6.07) is 7.93. The molecule has 0 aromatic heterocycles. The fraction of sp³-hybridized carbons (Fsp3) is 0.500. The van der Waals surface area contributed by atoms with E-state index in [4.69, 9.17) is 9.84 Å². The quantitative estimate of drug-likeness (QED) is 0.622. The summed E-state index contributed by atoms with van der Waals surface area (Å²) >= 11 is 0. The fourth-order valence-corrected chi connectivity index (χ4v) is 2.37. The highest BCUT2D eigenvalue weighted by Gasteiger charge is 2.35. The van der Waals surface area contributed by atoms with Gasteiger partial charge in [-0.05, 0) is 24.8 Å². The largest absolute Gasteiger partial charge is 0.480 e. The topological polar surface area (TPSA) is 105 Å². The van der Waals surface area contributed by atoms with Crippen LogP contribution in [0.1, 0.15) is 32.8 Å². The summed E-state index contributed by atoms with van der Waals surface area (Å²) in [5.41, 5.74) is -0.593. The maximum absolute atomic E-state index is 12.5. The smallest absolute Gasteiger partial charge is 0.326 e. The van der Waals surface area contributed by atoms with E-state index in [1.807, 2.05) is 19.9 Å². The predicted octanol–water partition coefficient (Wildman–Crippen LogP) is 1.28. The van der Waals surface area contributed by atoms with E-state index in [1.54, 1.807) is 31.2 Å². The van der Waals surface area contributed by atoms with Crippen LogP contribution >= 0.6 is 0 Å². The van der Waals surface area contributed by atoms with Gasteiger partial charge in [0.1, 0.15) is 6.04 Å². The Labute approximate surface area is 147 Å². The summed E-state index contributed by atoms with van der Waals surface area (Å²) in [5.74, 6) is -2.02. The molecule has 0 fully saturated rings. The normalized spacial score (nSPS) is 14.4. The number of carbonyl (C=O) groups is 3. The Kier molecular flexibility index (Phi) is 7.57. The maximum atomic E-state index is 12.5. The highest BCUT2D eigenvalue weighted by Crippen LogP contribution is 2.24. The van der Waals surface area contributed by atoms with E-state index < -0.39 is 29.4 Å². The number of hydrogen-bond acceptors (Lipinski definition) is 4. The molecule has 1 unspecified atom stereocenters. The van der Waals surface area contributed by atoms with E-state index >= 15 is 0 Å². The molecule has 0 bridgehead atoms. The average Bonchev–Trinajstić information content (AvgIpc) is 2.58. The number of carbonyl (C=O) groups excluding carboxylic acids is 2. The standard InChI is InChI=1S/C18H26N2O5/c1-12(2)10-14(16(22)23)20-15(21)11-19-17(24)18(3,25-4)13-8-6-5-7-9-13/h5-9,12,14H,10-11H2,1-4H3,(H,19,24)(H,20,21)(H,22,23)/t14-,18?/m0/s1. The maximum Gasteiger partial charge on any atom is 0.326 e. The molecule has 0 saturated carbocycles. The number of benzene rings is 1. The molecule has 7 nitrogen and oxygen atoms in total. The van der Waals surface area contributed by atoms with Crippen molar-refractivity contribution < 1.29 is 24.2 Å². The predicted molar refractivity (Wildman–Crippen MR) is 92.8 cm³/mol. The highest BCUT2D eigenvalue weighted by molar-refractivity contribution is 5.91. The summed E-state index contributed by atoms with van der Waals surface area (Å²) in [5, 5.41) is 14.1. The zero-order chi connectivity index (χ0) is 19.0. The molecule has 0 aliphatic heterocycles. The first kappa shape index (κ1) is 20.6. The summed E-state index contributed by atoms with van der Waals surface area (Å²) < 4.78 is 5.35. The SMILES string of the molecule is COC(C)(C(=O)NCC(=O)N[C@@H](CC(C)C)C(=O)O)c1ccccc1. The van der Waals surface area contributed by atoms with Crippen LogP contribution in [0.5, 0.6) is 0 Å². The van der Waals surface area contributed by atoms with Gasteiger partial charge < -0.3 is 20.5 Å². The van der Waals surface area contributed by atoms with Crippen molar-refractivity contribution in [2.75, 3.05) is 13.7 Å². The fourth-order valence-electron chi connectivity index (χ4n) is 2.37. The van der Waals surface area contributed by atoms with Gasteiger partial charge in [0.2, 0.25) is 5.91 Å². The Balaban J connectivity index is 2.68. The van der Waals surface area contributed by atoms with Gasteiger partial charge in [0.25, 0.3) is 5.91 Å². The van der Waals surface area contributed by atoms with E-state index in [-0.39, 0.29) is 12.5 Å². The average molecular weight is 350 g/mol. The second kappa shape index (κ2) is 9.17. The molecule has 0 heterocycles. The third kappa shape index (κ3) is 5.86. The van der Waals surface area contributed by atoms with Crippen molar-refractivity contribution in [3.8, 4) is 0 Å². The first-order valence-corrected chi connectivity index (χ1v) is 8.11. The van der Waals surface area contributed by atoms with Crippen molar-refractivity contribution in [2.24, 2.45) is 5.92 Å². The lowest BCUT2D eigenvalue weighted by Gasteiger charge is -2.27. The van der Waals surface area contributed by atoms with Crippen LogP contribution in [0.2, 0.25) is 0 Å². The van der Waals surface area contributed by atoms with Crippen molar-refractivity contribution in [1.29, 1.82) is 0 Å². The summed E-state index contributed by atoms with van der Waals surface area (Å²) in [7, 11) is 1.41. The van der Waals surface area contributed by atoms with Gasteiger partial charge in [0.05, 0.1) is 6.54 Å². The van der Waals surface area contributed by atoms with E-state index in [0.717, 1.165) is 0 Å². The number of carboxylic acid groups (broad SMARTS) is 1. The molecular weight excluding hydrogens is 324 g/mol. The molecule has 25 heavy (non-hydrogen) atoms. The summed E-state index contributed by atoms with van der Waals surface area (Å²) in [4.78, 5) is 35.6. The molecular formula is C18H26N2O5. The summed E-state index contributed by atoms with van der Waals surface area (Å²) in [6.07, 6.45) is 0.314. The third-order valence-corrected chi connectivity index (χ3v) is 3.92. The Bertz CT molecular complexity index is 603. The lowest BCUT2D eigenvalue weighted by Crippen LogP contribution is -2.50. The molecule has 0 aliphatic rings. The zero-order valence-corrected chi connectivity index (χ0v) is 15.0. The second-order valence-corrected chi connectivity index (χ2v) is 6.37. The molecule has 0 spiro atoms. The molecule has 2 atom stereocenters. The van der Waals surface area contributed by atoms with E-state index in [2.05, 4.69) is 10.6 Å². The van der Waals surface area contributed by atoms with Crippen LogP contribution in [0.3, 0.4) is 0 Å². The van der Waals surface area contributed by atoms with E-state index in [0.29, 0.717) is 12.0 Å². The van der Waals surface area contributed by atoms with E-state index in [9.17, 15) is 14.4 Å². The molecule has 0 aliphatic carbocycles. The molecule has 1 rings (SSSR count). The number of carboxylic acids is 1. The molecule has 1 aromatic carbocycles. The second-order valence-electron chi connectivity index (χ2n) is 6.37. The van der Waals surface area contributed by atoms with Gasteiger partial charge in [-0.15, -0.1) is 0 Å². The van der Waals surface area contributed by atoms with Crippen LogP contribution in [0, 0.1) is 5.92 Å². The van der Waals surface area contributed by atoms with Gasteiger partial charge in [0.15, 0.2) is 5.60 Å². The van der Waals surface area contributed by atoms with Gasteiger partial charge in [-0.1, -0.05) is 44.2 Å². The van der Waals surface area contributed by atoms with E-state index in [1.165, 1.54) is 7.11 Å². The van der Waals surface area contributed by atoms with Gasteiger partial charge in [0, 0.05) is 7.11 Å². The Morgan fingerprint density at radius 1 is 1.20 bits per heavy atom. The number of methoxy groups -OCH3 is 1. The van der Waals surface area contributed by atoms with Crippen LogP contribution in [0.4, 0.5) is 0 Å². The molecule has 0 saturated heterocycles. The minimum Gasteiger partial charge on any atom is -0.480 e. The minimum absolute atomic E-state index is 0.117. The van der Waals surface area contributed by atoms with Crippen molar-refractivity contribution in [1.82, 2.24) is 10.6 Å². The Morgan fingerprint density at radius 3 is 2.28 bits per heavy atom. The Morgan fingerprint density at radius 2 is 1.80 bits per heavy atom. The number of aliphatic carboxylic acids is 1. The number of rotatable bonds is 9. The highest BCUT2D eigenvalue weighted by atomic mass is 16.5. The lowest BCUT2D eigenvalue weighted by molar-refractivity contribution is -0.144. The van der Waals surface area contributed by atoms with Gasteiger partial charge in [-0.3, -0.25) is 9.59 Å². The van der Waals surface area contributed by atoms with Gasteiger partial charge in [-0.2, -0.15) is 0 Å². The number of hydrogen-bond donors (Lipinski definition) is 3. The van der Waals surface area contributed by atoms with Crippen molar-refractivity contribution >= 4 is 17.8 Å². The molecule has 2 amide bonds. The number of ether oxygens (including phenoxy) is 1. The van der Waals surface area contributed by atoms with Crippen LogP contribution in [0.25, 0.3) is 0 Å². The van der Waals surface area contributed by atoms with Crippen LogP contribution in [-0.2, 0) is 24.7 Å². The lowest BCUT2D eigenvalue weighted by atomic mass is 9.95. The molecule has 0 radical (unpaired) electrons. The minimum atomic E-state index is -1.24. The monoisotopic (exact) mass is 350 g/mol. The number of nitrogens with one attached hydrogen (secondary N) is 2. The van der Waals surface area contributed by atoms with Gasteiger partial charge >= 0.3 is 5.97 Å². The number of amides is 2. The first-order valence-electron chi connectivity index (χ1n) is 8.11. The summed E-state index contributed by atoms with van der Waals surface area (Å²) in [6.45, 7) is 5.02.